The molecule has 1 aliphatic heterocycles. The number of fused-ring (bicyclic) bond motifs is 1. The second-order valence-corrected chi connectivity index (χ2v) is 6.79. The number of likely N-dealkylation sites (N-methyl/N-ethyl adjacent to an activating group) is 1. The van der Waals surface area contributed by atoms with E-state index < -0.39 is 0 Å². The topological polar surface area (TPSA) is 3.01 Å². The Labute approximate surface area is 99.9 Å². The van der Waals surface area contributed by atoms with E-state index in [2.05, 4.69) is 45.7 Å². The molecular formula is C15H25N. The highest BCUT2D eigenvalue weighted by atomic mass is 15.5. The van der Waals surface area contributed by atoms with Gasteiger partial charge in [0, 0.05) is 5.54 Å². The van der Waals surface area contributed by atoms with Crippen molar-refractivity contribution in [3.8, 4) is 0 Å². The van der Waals surface area contributed by atoms with E-state index in [1.165, 1.54) is 25.7 Å². The first kappa shape index (κ1) is 10.8. The third kappa shape index (κ3) is 0.827. The van der Waals surface area contributed by atoms with Gasteiger partial charge in [-0.25, -0.2) is 0 Å². The molecule has 16 heavy (non-hydrogen) atoms. The van der Waals surface area contributed by atoms with Crippen molar-refractivity contribution in [2.24, 2.45) is 11.3 Å². The number of piperidine rings is 1. The van der Waals surface area contributed by atoms with Crippen LogP contribution in [0.2, 0.25) is 0 Å². The summed E-state index contributed by atoms with van der Waals surface area (Å²) in [5.41, 5.74) is 3.18. The molecule has 4 unspecified atom stereocenters. The van der Waals surface area contributed by atoms with Crippen LogP contribution in [0.3, 0.4) is 0 Å². The lowest BCUT2D eigenvalue weighted by Crippen LogP contribution is -2.38. The van der Waals surface area contributed by atoms with Crippen molar-refractivity contribution in [3.05, 3.63) is 11.6 Å². The summed E-state index contributed by atoms with van der Waals surface area (Å²) < 4.78 is 0. The molecule has 1 heteroatoms. The molecule has 1 heterocycles. The van der Waals surface area contributed by atoms with Crippen molar-refractivity contribution in [2.45, 2.75) is 64.5 Å². The third-order valence-electron chi connectivity index (χ3n) is 6.23. The Morgan fingerprint density at radius 2 is 2.06 bits per heavy atom. The van der Waals surface area contributed by atoms with Gasteiger partial charge in [-0.2, -0.15) is 0 Å². The van der Waals surface area contributed by atoms with Gasteiger partial charge in [-0.1, -0.05) is 40.2 Å². The molecule has 2 aliphatic carbocycles. The lowest BCUT2D eigenvalue weighted by atomic mass is 9.71. The van der Waals surface area contributed by atoms with Crippen molar-refractivity contribution in [2.75, 3.05) is 7.05 Å². The van der Waals surface area contributed by atoms with Crippen LogP contribution < -0.4 is 0 Å². The Morgan fingerprint density at radius 1 is 1.44 bits per heavy atom. The van der Waals surface area contributed by atoms with Gasteiger partial charge >= 0.3 is 0 Å². The molecule has 0 aromatic carbocycles. The average Bonchev–Trinajstić information content (AvgIpc) is 3.08. The maximum absolute atomic E-state index is 2.71. The van der Waals surface area contributed by atoms with Crippen molar-refractivity contribution in [1.82, 2.24) is 4.90 Å². The Morgan fingerprint density at radius 3 is 2.56 bits per heavy atom. The molecule has 3 rings (SSSR count). The molecule has 0 spiro atoms. The molecule has 3 aliphatic rings. The molecule has 1 saturated heterocycles. The Hall–Kier alpha value is -0.300. The number of hydrogen-bond donors (Lipinski definition) is 0. The molecule has 0 aromatic heterocycles. The van der Waals surface area contributed by atoms with Crippen LogP contribution in [0.15, 0.2) is 11.6 Å². The second-order valence-electron chi connectivity index (χ2n) is 6.79. The molecule has 4 atom stereocenters. The predicted molar refractivity (Wildman–Crippen MR) is 68.4 cm³/mol. The van der Waals surface area contributed by atoms with Crippen molar-refractivity contribution in [1.29, 1.82) is 0 Å². The fourth-order valence-electron chi connectivity index (χ4n) is 5.05. The van der Waals surface area contributed by atoms with Crippen LogP contribution in [-0.2, 0) is 0 Å². The van der Waals surface area contributed by atoms with E-state index in [1.807, 2.05) is 0 Å². The smallest absolute Gasteiger partial charge is 0.0620 e. The van der Waals surface area contributed by atoms with E-state index in [1.54, 1.807) is 5.57 Å². The van der Waals surface area contributed by atoms with Crippen LogP contribution >= 0.6 is 0 Å². The zero-order chi connectivity index (χ0) is 11.8. The molecule has 0 aromatic rings. The average molecular weight is 219 g/mol. The normalized spacial score (nSPS) is 52.2. The zero-order valence-electron chi connectivity index (χ0n) is 11.4. The molecular weight excluding hydrogens is 194 g/mol. The van der Waals surface area contributed by atoms with Crippen molar-refractivity contribution in [3.63, 3.8) is 0 Å². The van der Waals surface area contributed by atoms with Crippen LogP contribution in [0.1, 0.15) is 53.4 Å². The Bertz CT molecular complexity index is 368. The van der Waals surface area contributed by atoms with Gasteiger partial charge in [0.15, 0.2) is 0 Å². The first-order chi connectivity index (χ1) is 7.45. The lowest BCUT2D eigenvalue weighted by Gasteiger charge is -2.36. The van der Waals surface area contributed by atoms with E-state index in [4.69, 9.17) is 0 Å². The summed E-state index contributed by atoms with van der Waals surface area (Å²) in [6.07, 6.45) is 7.83. The lowest BCUT2D eigenvalue weighted by molar-refractivity contribution is 0.132. The SMILES string of the molecule is CCCC12N(C)C1(C1=CC1)CC(C)C2(C)C. The quantitative estimate of drug-likeness (QED) is 0.517. The van der Waals surface area contributed by atoms with Crippen LogP contribution in [0.5, 0.6) is 0 Å². The van der Waals surface area contributed by atoms with E-state index >= 15 is 0 Å². The number of nitrogens with zero attached hydrogens (tertiary/aromatic N) is 1. The standard InChI is InChI=1S/C15H25N/c1-6-9-15-13(3,4)11(2)10-14(15,16(15)5)12-7-8-12/h7,11H,6,8-10H2,1-5H3. The van der Waals surface area contributed by atoms with Crippen LogP contribution in [0.4, 0.5) is 0 Å². The molecule has 1 saturated carbocycles. The minimum atomic E-state index is 0.473. The fraction of sp³-hybridized carbons (Fsp3) is 0.867. The number of hydrogen-bond acceptors (Lipinski definition) is 1. The highest BCUT2D eigenvalue weighted by molar-refractivity contribution is 5.53. The summed E-state index contributed by atoms with van der Waals surface area (Å²) in [6, 6.07) is 0. The van der Waals surface area contributed by atoms with E-state index in [9.17, 15) is 0 Å². The van der Waals surface area contributed by atoms with Gasteiger partial charge in [-0.05, 0) is 43.2 Å². The molecule has 2 fully saturated rings. The molecule has 0 radical (unpaired) electrons. The minimum absolute atomic E-state index is 0.473. The minimum Gasteiger partial charge on any atom is -0.287 e. The van der Waals surface area contributed by atoms with Crippen LogP contribution in [0, 0.1) is 11.3 Å². The Kier molecular flexibility index (Phi) is 1.86. The number of allylic oxidation sites excluding steroid dienone is 1. The largest absolute Gasteiger partial charge is 0.287 e. The summed E-state index contributed by atoms with van der Waals surface area (Å²) in [6.45, 7) is 9.80. The molecule has 90 valence electrons. The summed E-state index contributed by atoms with van der Waals surface area (Å²) in [4.78, 5) is 2.71. The van der Waals surface area contributed by atoms with E-state index in [-0.39, 0.29) is 0 Å². The second kappa shape index (κ2) is 2.75. The predicted octanol–water partition coefficient (Wildman–Crippen LogP) is 3.61. The first-order valence-corrected chi connectivity index (χ1v) is 6.88. The van der Waals surface area contributed by atoms with Gasteiger partial charge in [-0.3, -0.25) is 4.90 Å². The van der Waals surface area contributed by atoms with Crippen molar-refractivity contribution >= 4 is 0 Å². The number of rotatable bonds is 3. The zero-order valence-corrected chi connectivity index (χ0v) is 11.4. The van der Waals surface area contributed by atoms with E-state index in [0.29, 0.717) is 16.5 Å². The molecule has 1 nitrogen and oxygen atoms in total. The van der Waals surface area contributed by atoms with E-state index in [0.717, 1.165) is 5.92 Å². The van der Waals surface area contributed by atoms with Gasteiger partial charge < -0.3 is 0 Å². The highest BCUT2D eigenvalue weighted by Gasteiger charge is 2.83. The maximum Gasteiger partial charge on any atom is 0.0620 e. The fourth-order valence-corrected chi connectivity index (χ4v) is 5.05. The van der Waals surface area contributed by atoms with Gasteiger partial charge in [0.2, 0.25) is 0 Å². The van der Waals surface area contributed by atoms with Crippen molar-refractivity contribution < 1.29 is 0 Å². The summed E-state index contributed by atoms with van der Waals surface area (Å²) in [7, 11) is 2.36. The highest BCUT2D eigenvalue weighted by Crippen LogP contribution is 2.77. The first-order valence-electron chi connectivity index (χ1n) is 6.88. The summed E-state index contributed by atoms with van der Waals surface area (Å²) in [5, 5.41) is 0. The summed E-state index contributed by atoms with van der Waals surface area (Å²) in [5.74, 6) is 0.858. The monoisotopic (exact) mass is 219 g/mol. The molecule has 0 amide bonds. The third-order valence-corrected chi connectivity index (χ3v) is 6.23. The van der Waals surface area contributed by atoms with Gasteiger partial charge in [0.05, 0.1) is 5.54 Å². The van der Waals surface area contributed by atoms with Crippen LogP contribution in [-0.4, -0.2) is 23.0 Å². The van der Waals surface area contributed by atoms with Gasteiger partial charge in [0.25, 0.3) is 0 Å². The molecule has 0 N–H and O–H groups in total. The summed E-state index contributed by atoms with van der Waals surface area (Å²) >= 11 is 0. The number of likely N-dealkylation sites (tertiary alicyclic amines) is 1. The maximum atomic E-state index is 2.71. The van der Waals surface area contributed by atoms with Gasteiger partial charge in [0.1, 0.15) is 0 Å². The van der Waals surface area contributed by atoms with Crippen LogP contribution in [0.25, 0.3) is 0 Å². The molecule has 0 bridgehead atoms. The Balaban J connectivity index is 2.06. The van der Waals surface area contributed by atoms with Gasteiger partial charge in [-0.15, -0.1) is 0 Å².